The highest BCUT2D eigenvalue weighted by Gasteiger charge is 2.43. The number of hydrogen-bond acceptors (Lipinski definition) is 1. The highest BCUT2D eigenvalue weighted by atomic mass is 16.4. The average Bonchev–Trinajstić information content (AvgIpc) is 2.85. The smallest absolute Gasteiger partial charge is 0.314 e. The van der Waals surface area contributed by atoms with Gasteiger partial charge in [0.05, 0.1) is 5.41 Å². The zero-order valence-corrected chi connectivity index (χ0v) is 21.6. The van der Waals surface area contributed by atoms with Crippen molar-refractivity contribution in [3.63, 3.8) is 0 Å². The van der Waals surface area contributed by atoms with Gasteiger partial charge in [-0.25, -0.2) is 0 Å². The van der Waals surface area contributed by atoms with Gasteiger partial charge in [0.15, 0.2) is 0 Å². The molecule has 0 atom stereocenters. The molecule has 2 aliphatic carbocycles. The average molecular weight is 455 g/mol. The fourth-order valence-corrected chi connectivity index (χ4v) is 6.66. The van der Waals surface area contributed by atoms with Crippen LogP contribution in [-0.4, -0.2) is 11.1 Å². The maximum Gasteiger partial charge on any atom is 0.314 e. The van der Waals surface area contributed by atoms with E-state index in [4.69, 9.17) is 0 Å². The first-order chi connectivity index (χ1) is 16.1. The summed E-state index contributed by atoms with van der Waals surface area (Å²) in [4.78, 5) is 12.4. The fourth-order valence-electron chi connectivity index (χ4n) is 6.66. The predicted octanol–water partition coefficient (Wildman–Crippen LogP) is 9.41. The maximum absolute atomic E-state index is 12.4. The molecule has 0 amide bonds. The molecule has 0 unspecified atom stereocenters. The van der Waals surface area contributed by atoms with E-state index >= 15 is 0 Å². The molecule has 0 heterocycles. The number of unbranched alkanes of at least 4 members (excludes halogenated alkanes) is 6. The molecule has 2 heteroatoms. The van der Waals surface area contributed by atoms with Crippen LogP contribution in [0.2, 0.25) is 0 Å². The Bertz CT molecular complexity index is 675. The molecule has 1 aromatic carbocycles. The Morgan fingerprint density at radius 1 is 0.758 bits per heavy atom. The molecule has 3 rings (SSSR count). The number of carboxylic acids is 1. The Morgan fingerprint density at radius 2 is 1.27 bits per heavy atom. The quantitative estimate of drug-likeness (QED) is 0.301. The summed E-state index contributed by atoms with van der Waals surface area (Å²) in [5.41, 5.74) is 1.83. The third-order valence-corrected chi connectivity index (χ3v) is 9.08. The lowest BCUT2D eigenvalue weighted by Gasteiger charge is -2.37. The zero-order valence-electron chi connectivity index (χ0n) is 21.6. The van der Waals surface area contributed by atoms with Crippen LogP contribution in [-0.2, 0) is 10.2 Å². The molecule has 0 saturated heterocycles. The molecule has 2 saturated carbocycles. The monoisotopic (exact) mass is 454 g/mol. The van der Waals surface area contributed by atoms with Crippen LogP contribution < -0.4 is 0 Å². The summed E-state index contributed by atoms with van der Waals surface area (Å²) >= 11 is 0. The van der Waals surface area contributed by atoms with Crippen LogP contribution in [0.4, 0.5) is 0 Å². The van der Waals surface area contributed by atoms with E-state index in [2.05, 4.69) is 38.1 Å². The largest absolute Gasteiger partial charge is 0.481 e. The van der Waals surface area contributed by atoms with Crippen molar-refractivity contribution in [2.24, 2.45) is 11.8 Å². The molecular weight excluding hydrogens is 404 g/mol. The van der Waals surface area contributed by atoms with Crippen molar-refractivity contribution in [3.05, 3.63) is 35.4 Å². The van der Waals surface area contributed by atoms with E-state index in [0.717, 1.165) is 43.1 Å². The van der Waals surface area contributed by atoms with E-state index < -0.39 is 11.4 Å². The Balaban J connectivity index is 1.51. The molecule has 0 bridgehead atoms. The molecule has 0 aromatic heterocycles. The van der Waals surface area contributed by atoms with Crippen molar-refractivity contribution >= 4 is 5.97 Å². The van der Waals surface area contributed by atoms with E-state index in [0.29, 0.717) is 5.92 Å². The van der Waals surface area contributed by atoms with Crippen LogP contribution in [0.1, 0.15) is 146 Å². The minimum absolute atomic E-state index is 0.608. The molecule has 0 aliphatic heterocycles. The highest BCUT2D eigenvalue weighted by molar-refractivity contribution is 5.81. The first kappa shape index (κ1) is 26.3. The number of aliphatic carboxylic acids is 1. The first-order valence-electron chi connectivity index (χ1n) is 14.4. The van der Waals surface area contributed by atoms with E-state index in [-0.39, 0.29) is 0 Å². The van der Waals surface area contributed by atoms with Gasteiger partial charge in [-0.2, -0.15) is 0 Å². The lowest BCUT2D eigenvalue weighted by molar-refractivity contribution is -0.145. The number of benzene rings is 1. The van der Waals surface area contributed by atoms with Crippen LogP contribution in [0, 0.1) is 11.8 Å². The van der Waals surface area contributed by atoms with Gasteiger partial charge in [0.2, 0.25) is 0 Å². The molecule has 2 fully saturated rings. The van der Waals surface area contributed by atoms with E-state index in [1.54, 1.807) is 0 Å². The summed E-state index contributed by atoms with van der Waals surface area (Å²) in [7, 11) is 0. The molecule has 1 aromatic rings. The van der Waals surface area contributed by atoms with Crippen molar-refractivity contribution in [2.75, 3.05) is 0 Å². The minimum atomic E-state index is -0.658. The first-order valence-corrected chi connectivity index (χ1v) is 14.4. The summed E-state index contributed by atoms with van der Waals surface area (Å²) in [5, 5.41) is 10.2. The SMILES string of the molecule is CCCCCCC1CCC(c2ccc(C3(C(=O)O)CCC(CCCCCC)CC3)cc2)CC1. The van der Waals surface area contributed by atoms with Gasteiger partial charge in [0, 0.05) is 0 Å². The van der Waals surface area contributed by atoms with Crippen molar-refractivity contribution in [1.29, 1.82) is 0 Å². The van der Waals surface area contributed by atoms with Crippen LogP contribution in [0.15, 0.2) is 24.3 Å². The normalized spacial score (nSPS) is 28.0. The van der Waals surface area contributed by atoms with E-state index in [9.17, 15) is 9.90 Å². The van der Waals surface area contributed by atoms with Gasteiger partial charge in [-0.05, 0) is 80.2 Å². The molecule has 2 aliphatic rings. The van der Waals surface area contributed by atoms with Crippen LogP contribution >= 0.6 is 0 Å². The lowest BCUT2D eigenvalue weighted by atomic mass is 9.65. The second-order valence-corrected chi connectivity index (χ2v) is 11.4. The van der Waals surface area contributed by atoms with Gasteiger partial charge < -0.3 is 5.11 Å². The molecule has 0 spiro atoms. The summed E-state index contributed by atoms with van der Waals surface area (Å²) in [6, 6.07) is 8.87. The lowest BCUT2D eigenvalue weighted by Crippen LogP contribution is -2.39. The van der Waals surface area contributed by atoms with Crippen molar-refractivity contribution in [1.82, 2.24) is 0 Å². The van der Waals surface area contributed by atoms with Crippen LogP contribution in [0.3, 0.4) is 0 Å². The minimum Gasteiger partial charge on any atom is -0.481 e. The van der Waals surface area contributed by atoms with Gasteiger partial charge in [-0.15, -0.1) is 0 Å². The Kier molecular flexibility index (Phi) is 10.8. The molecule has 1 N–H and O–H groups in total. The summed E-state index contributed by atoms with van der Waals surface area (Å²) in [6.07, 6.45) is 22.6. The standard InChI is InChI=1S/C31H50O2/c1-3-5-7-9-11-25-13-15-27(16-14-25)28-17-19-29(20-18-28)31(30(32)33)23-21-26(22-24-31)12-10-8-6-4-2/h17-20,25-27H,3-16,21-24H2,1-2H3,(H,32,33). The van der Waals surface area contributed by atoms with Gasteiger partial charge in [0.25, 0.3) is 0 Å². The second kappa shape index (κ2) is 13.5. The summed E-state index contributed by atoms with van der Waals surface area (Å²) < 4.78 is 0. The molecule has 33 heavy (non-hydrogen) atoms. The van der Waals surface area contributed by atoms with Crippen molar-refractivity contribution in [2.45, 2.75) is 141 Å². The number of carboxylic acid groups (broad SMARTS) is 1. The fraction of sp³-hybridized carbons (Fsp3) is 0.774. The van der Waals surface area contributed by atoms with E-state index in [1.165, 1.54) is 95.5 Å². The highest BCUT2D eigenvalue weighted by Crippen LogP contribution is 2.44. The third kappa shape index (κ3) is 7.33. The van der Waals surface area contributed by atoms with Crippen LogP contribution in [0.25, 0.3) is 0 Å². The number of rotatable bonds is 13. The van der Waals surface area contributed by atoms with Crippen molar-refractivity contribution in [3.8, 4) is 0 Å². The topological polar surface area (TPSA) is 37.3 Å². The second-order valence-electron chi connectivity index (χ2n) is 11.4. The van der Waals surface area contributed by atoms with Gasteiger partial charge in [-0.3, -0.25) is 4.79 Å². The van der Waals surface area contributed by atoms with E-state index in [1.807, 2.05) is 0 Å². The zero-order chi connectivity index (χ0) is 23.5. The summed E-state index contributed by atoms with van der Waals surface area (Å²) in [6.45, 7) is 4.54. The molecule has 186 valence electrons. The Morgan fingerprint density at radius 3 is 1.76 bits per heavy atom. The van der Waals surface area contributed by atoms with Gasteiger partial charge in [-0.1, -0.05) is 102 Å². The molecule has 0 radical (unpaired) electrons. The van der Waals surface area contributed by atoms with Crippen LogP contribution in [0.5, 0.6) is 0 Å². The van der Waals surface area contributed by atoms with Crippen molar-refractivity contribution < 1.29 is 9.90 Å². The third-order valence-electron chi connectivity index (χ3n) is 9.08. The van der Waals surface area contributed by atoms with Gasteiger partial charge >= 0.3 is 5.97 Å². The number of carbonyl (C=O) groups is 1. The van der Waals surface area contributed by atoms with Gasteiger partial charge in [0.1, 0.15) is 0 Å². The number of hydrogen-bond donors (Lipinski definition) is 1. The Labute approximate surface area is 203 Å². The molecule has 2 nitrogen and oxygen atoms in total. The predicted molar refractivity (Wildman–Crippen MR) is 140 cm³/mol. The molecular formula is C31H50O2. The summed E-state index contributed by atoms with van der Waals surface area (Å²) in [5.74, 6) is 1.73. The Hall–Kier alpha value is -1.31. The maximum atomic E-state index is 12.4.